The average Bonchev–Trinajstić information content (AvgIpc) is 3.40. The number of rotatable bonds is 6. The number of carbonyl (C=O) groups excluding carboxylic acids is 1. The normalized spacial score (nSPS) is 16.4. The van der Waals surface area contributed by atoms with Crippen LogP contribution in [0.15, 0.2) is 65.0 Å². The highest BCUT2D eigenvalue weighted by molar-refractivity contribution is 7.92. The molecule has 0 aliphatic carbocycles. The van der Waals surface area contributed by atoms with Gasteiger partial charge in [0.1, 0.15) is 16.8 Å². The molecule has 1 fully saturated rings. The number of hydrogen-bond donors (Lipinski definition) is 1. The number of aromatic nitrogens is 1. The van der Waals surface area contributed by atoms with E-state index in [1.54, 1.807) is 23.2 Å². The summed E-state index contributed by atoms with van der Waals surface area (Å²) in [4.78, 5) is 18.1. The Labute approximate surface area is 177 Å². The van der Waals surface area contributed by atoms with Gasteiger partial charge in [0, 0.05) is 35.8 Å². The van der Waals surface area contributed by atoms with Crippen molar-refractivity contribution in [1.29, 1.82) is 0 Å². The predicted molar refractivity (Wildman–Crippen MR) is 111 cm³/mol. The summed E-state index contributed by atoms with van der Waals surface area (Å²) in [6, 6.07) is 11.2. The van der Waals surface area contributed by atoms with Gasteiger partial charge in [0.2, 0.25) is 0 Å². The van der Waals surface area contributed by atoms with E-state index in [9.17, 15) is 17.6 Å². The Hall–Kier alpha value is -2.98. The first-order valence-corrected chi connectivity index (χ1v) is 11.5. The molecule has 2 heterocycles. The fourth-order valence-corrected chi connectivity index (χ4v) is 4.87. The van der Waals surface area contributed by atoms with E-state index in [-0.39, 0.29) is 17.7 Å². The van der Waals surface area contributed by atoms with Crippen LogP contribution < -0.4 is 9.46 Å². The summed E-state index contributed by atoms with van der Waals surface area (Å²) in [6.07, 6.45) is 2.21. The van der Waals surface area contributed by atoms with Crippen LogP contribution in [0.25, 0.3) is 0 Å². The van der Waals surface area contributed by atoms with Crippen molar-refractivity contribution in [1.82, 2.24) is 9.88 Å². The Morgan fingerprint density at radius 2 is 2.07 bits per heavy atom. The Kier molecular flexibility index (Phi) is 5.69. The number of anilines is 1. The minimum atomic E-state index is -4.12. The maximum absolute atomic E-state index is 13.9. The molecule has 1 aromatic heterocycles. The van der Waals surface area contributed by atoms with E-state index in [1.807, 2.05) is 5.38 Å². The van der Waals surface area contributed by atoms with Gasteiger partial charge in [-0.15, -0.1) is 0 Å². The molecule has 156 valence electrons. The molecule has 2 aromatic carbocycles. The summed E-state index contributed by atoms with van der Waals surface area (Å²) in [5.41, 5.74) is 0.512. The molecule has 0 radical (unpaired) electrons. The molecule has 7 nitrogen and oxygen atoms in total. The zero-order valence-electron chi connectivity index (χ0n) is 15.7. The molecular formula is C20H18FN3O4S2. The largest absolute Gasteiger partial charge is 0.465 e. The lowest BCUT2D eigenvalue weighted by Gasteiger charge is -2.17. The number of hydrogen-bond acceptors (Lipinski definition) is 6. The number of likely N-dealkylation sites (tertiary alicyclic amines) is 1. The van der Waals surface area contributed by atoms with Crippen LogP contribution in [0.4, 0.5) is 10.1 Å². The number of nitrogens with zero attached hydrogens (tertiary/aromatic N) is 2. The van der Waals surface area contributed by atoms with E-state index in [4.69, 9.17) is 4.74 Å². The molecule has 1 unspecified atom stereocenters. The van der Waals surface area contributed by atoms with E-state index in [1.165, 1.54) is 41.7 Å². The summed E-state index contributed by atoms with van der Waals surface area (Å²) in [6.45, 7) is 0.948. The van der Waals surface area contributed by atoms with E-state index < -0.39 is 20.7 Å². The molecule has 0 saturated carbocycles. The highest BCUT2D eigenvalue weighted by Crippen LogP contribution is 2.23. The molecule has 1 saturated heterocycles. The van der Waals surface area contributed by atoms with Gasteiger partial charge in [-0.1, -0.05) is 29.5 Å². The molecule has 4 rings (SSSR count). The topological polar surface area (TPSA) is 88.6 Å². The van der Waals surface area contributed by atoms with E-state index in [2.05, 4.69) is 9.71 Å². The van der Waals surface area contributed by atoms with Crippen molar-refractivity contribution in [2.45, 2.75) is 17.4 Å². The lowest BCUT2D eigenvalue weighted by Crippen LogP contribution is -2.31. The van der Waals surface area contributed by atoms with Crippen LogP contribution in [0.5, 0.6) is 5.19 Å². The summed E-state index contributed by atoms with van der Waals surface area (Å²) in [7, 11) is -4.12. The molecule has 1 aliphatic heterocycles. The smallest absolute Gasteiger partial charge is 0.273 e. The standard InChI is InChI=1S/C20H18FN3O4S2/c21-17-6-1-2-7-18(17)30(26,27)23-15-5-3-4-14(12-15)19(25)24-10-8-16(13-24)28-20-22-9-11-29-20/h1-7,9,11-12,16,23H,8,10,13H2. The summed E-state index contributed by atoms with van der Waals surface area (Å²) in [5.74, 6) is -1.08. The second-order valence-corrected chi connectivity index (χ2v) is 9.20. The third-order valence-electron chi connectivity index (χ3n) is 4.60. The molecule has 3 aromatic rings. The third-order valence-corrected chi connectivity index (χ3v) is 6.67. The van der Waals surface area contributed by atoms with Gasteiger partial charge in [0.25, 0.3) is 21.1 Å². The second-order valence-electron chi connectivity index (χ2n) is 6.69. The van der Waals surface area contributed by atoms with Crippen molar-refractivity contribution in [2.75, 3.05) is 17.8 Å². The number of thiazole rings is 1. The summed E-state index contributed by atoms with van der Waals surface area (Å²) < 4.78 is 46.9. The minimum absolute atomic E-state index is 0.136. The van der Waals surface area contributed by atoms with Gasteiger partial charge in [-0.25, -0.2) is 17.8 Å². The highest BCUT2D eigenvalue weighted by Gasteiger charge is 2.29. The quantitative estimate of drug-likeness (QED) is 0.626. The Morgan fingerprint density at radius 1 is 1.23 bits per heavy atom. The SMILES string of the molecule is O=C(c1cccc(NS(=O)(=O)c2ccccc2F)c1)N1CCC(Oc2nccs2)C1. The zero-order valence-corrected chi connectivity index (χ0v) is 17.3. The second kappa shape index (κ2) is 8.41. The number of carbonyl (C=O) groups is 1. The van der Waals surface area contributed by atoms with Crippen LogP contribution in [0, 0.1) is 5.82 Å². The van der Waals surface area contributed by atoms with Crippen LogP contribution in [0.1, 0.15) is 16.8 Å². The summed E-state index contributed by atoms with van der Waals surface area (Å²) in [5, 5.41) is 2.39. The summed E-state index contributed by atoms with van der Waals surface area (Å²) >= 11 is 1.39. The number of ether oxygens (including phenoxy) is 1. The van der Waals surface area contributed by atoms with Crippen molar-refractivity contribution in [2.24, 2.45) is 0 Å². The van der Waals surface area contributed by atoms with Crippen LogP contribution in [-0.4, -0.2) is 43.4 Å². The first-order chi connectivity index (χ1) is 14.4. The monoisotopic (exact) mass is 447 g/mol. The molecule has 10 heteroatoms. The Balaban J connectivity index is 1.45. The zero-order chi connectivity index (χ0) is 21.1. The molecule has 1 amide bonds. The lowest BCUT2D eigenvalue weighted by atomic mass is 10.2. The Morgan fingerprint density at radius 3 is 2.83 bits per heavy atom. The van der Waals surface area contributed by atoms with Gasteiger partial charge in [-0.2, -0.15) is 0 Å². The Bertz CT molecular complexity index is 1150. The van der Waals surface area contributed by atoms with Gasteiger partial charge in [0.05, 0.1) is 6.54 Å². The number of benzene rings is 2. The number of sulfonamides is 1. The van der Waals surface area contributed by atoms with E-state index in [0.717, 1.165) is 6.07 Å². The molecule has 0 bridgehead atoms. The number of halogens is 1. The first-order valence-electron chi connectivity index (χ1n) is 9.15. The first kappa shape index (κ1) is 20.3. The van der Waals surface area contributed by atoms with Crippen LogP contribution in [0.3, 0.4) is 0 Å². The van der Waals surface area contributed by atoms with E-state index in [0.29, 0.717) is 30.3 Å². The van der Waals surface area contributed by atoms with Gasteiger partial charge in [-0.3, -0.25) is 9.52 Å². The van der Waals surface area contributed by atoms with Gasteiger partial charge in [-0.05, 0) is 30.3 Å². The van der Waals surface area contributed by atoms with Crippen molar-refractivity contribution in [3.8, 4) is 5.19 Å². The average molecular weight is 448 g/mol. The molecule has 30 heavy (non-hydrogen) atoms. The molecule has 0 spiro atoms. The third kappa shape index (κ3) is 4.44. The molecular weight excluding hydrogens is 429 g/mol. The molecule has 1 aliphatic rings. The van der Waals surface area contributed by atoms with Crippen LogP contribution in [-0.2, 0) is 10.0 Å². The minimum Gasteiger partial charge on any atom is -0.465 e. The van der Waals surface area contributed by atoms with Gasteiger partial charge < -0.3 is 9.64 Å². The number of amides is 1. The van der Waals surface area contributed by atoms with Gasteiger partial charge in [0.15, 0.2) is 0 Å². The van der Waals surface area contributed by atoms with E-state index >= 15 is 0 Å². The predicted octanol–water partition coefficient (Wildman–Crippen LogP) is 3.38. The van der Waals surface area contributed by atoms with Crippen molar-refractivity contribution < 1.29 is 22.3 Å². The fraction of sp³-hybridized carbons (Fsp3) is 0.200. The van der Waals surface area contributed by atoms with Gasteiger partial charge >= 0.3 is 0 Å². The van der Waals surface area contributed by atoms with Crippen molar-refractivity contribution in [3.05, 3.63) is 71.5 Å². The number of nitrogens with one attached hydrogen (secondary N) is 1. The van der Waals surface area contributed by atoms with Crippen molar-refractivity contribution >= 4 is 33.0 Å². The molecule has 1 atom stereocenters. The maximum atomic E-state index is 13.9. The molecule has 1 N–H and O–H groups in total. The highest BCUT2D eigenvalue weighted by atomic mass is 32.2. The lowest BCUT2D eigenvalue weighted by molar-refractivity contribution is 0.0772. The van der Waals surface area contributed by atoms with Crippen LogP contribution >= 0.6 is 11.3 Å². The van der Waals surface area contributed by atoms with Crippen LogP contribution in [0.2, 0.25) is 0 Å². The maximum Gasteiger partial charge on any atom is 0.273 e. The van der Waals surface area contributed by atoms with Crippen molar-refractivity contribution in [3.63, 3.8) is 0 Å². The fourth-order valence-electron chi connectivity index (χ4n) is 3.19.